The van der Waals surface area contributed by atoms with Gasteiger partial charge in [0.05, 0.1) is 6.54 Å². The monoisotopic (exact) mass is 301 g/mol. The van der Waals surface area contributed by atoms with Gasteiger partial charge in [0.1, 0.15) is 5.75 Å². The molecule has 0 aromatic heterocycles. The van der Waals surface area contributed by atoms with Crippen LogP contribution in [0, 0.1) is 0 Å². The molecule has 94 valence electrons. The number of carboxylic acid groups (broad SMARTS) is 1. The van der Waals surface area contributed by atoms with Crippen molar-refractivity contribution in [1.82, 2.24) is 4.90 Å². The van der Waals surface area contributed by atoms with E-state index in [-0.39, 0.29) is 12.3 Å². The average molecular weight is 302 g/mol. The lowest BCUT2D eigenvalue weighted by Gasteiger charge is -2.20. The molecular weight excluding hydrogens is 286 g/mol. The molecule has 1 aromatic rings. The molecule has 0 heterocycles. The van der Waals surface area contributed by atoms with E-state index in [1.54, 1.807) is 23.1 Å². The summed E-state index contributed by atoms with van der Waals surface area (Å²) in [5.74, 6) is -0.660. The number of rotatable bonds is 6. The number of hydrogen-bond donors (Lipinski definition) is 2. The second-order valence-electron chi connectivity index (χ2n) is 3.88. The largest absolute Gasteiger partial charge is 0.508 e. The van der Waals surface area contributed by atoms with Gasteiger partial charge in [-0.2, -0.15) is 0 Å². The van der Waals surface area contributed by atoms with Crippen LogP contribution < -0.4 is 0 Å². The van der Waals surface area contributed by atoms with Crippen LogP contribution in [0.2, 0.25) is 0 Å². The number of benzene rings is 1. The first kappa shape index (κ1) is 14.0. The first-order chi connectivity index (χ1) is 8.02. The minimum atomic E-state index is -0.854. The molecule has 0 fully saturated rings. The van der Waals surface area contributed by atoms with Crippen molar-refractivity contribution in [2.75, 3.05) is 13.1 Å². The molecule has 0 bridgehead atoms. The highest BCUT2D eigenvalue weighted by atomic mass is 79.9. The highest BCUT2D eigenvalue weighted by Gasteiger charge is 2.11. The van der Waals surface area contributed by atoms with Gasteiger partial charge in [-0.15, -0.1) is 0 Å². The van der Waals surface area contributed by atoms with Crippen LogP contribution >= 0.6 is 15.9 Å². The summed E-state index contributed by atoms with van der Waals surface area (Å²) in [5.41, 5.74) is 0.731. The van der Waals surface area contributed by atoms with E-state index in [1.165, 1.54) is 0 Å². The molecule has 1 aromatic carbocycles. The van der Waals surface area contributed by atoms with Crippen molar-refractivity contribution >= 4 is 21.9 Å². The molecule has 0 saturated heterocycles. The number of hydrogen-bond acceptors (Lipinski definition) is 3. The van der Waals surface area contributed by atoms with Crippen molar-refractivity contribution in [2.24, 2.45) is 0 Å². The Kier molecular flexibility index (Phi) is 5.44. The van der Waals surface area contributed by atoms with Gasteiger partial charge in [-0.1, -0.05) is 22.9 Å². The van der Waals surface area contributed by atoms with Crippen LogP contribution in [0.1, 0.15) is 18.9 Å². The molecule has 0 amide bonds. The molecule has 2 N–H and O–H groups in total. The molecule has 17 heavy (non-hydrogen) atoms. The first-order valence-electron chi connectivity index (χ1n) is 5.44. The van der Waals surface area contributed by atoms with Crippen molar-refractivity contribution in [1.29, 1.82) is 0 Å². The molecule has 0 radical (unpaired) electrons. The van der Waals surface area contributed by atoms with Crippen molar-refractivity contribution < 1.29 is 15.0 Å². The molecule has 0 spiro atoms. The van der Waals surface area contributed by atoms with Crippen LogP contribution in [0.3, 0.4) is 0 Å². The molecule has 0 aliphatic heterocycles. The van der Waals surface area contributed by atoms with Crippen molar-refractivity contribution in [3.8, 4) is 5.75 Å². The predicted octanol–water partition coefficient (Wildman–Crippen LogP) is 2.45. The molecule has 0 aliphatic carbocycles. The van der Waals surface area contributed by atoms with Crippen molar-refractivity contribution in [2.45, 2.75) is 19.9 Å². The fourth-order valence-electron chi connectivity index (χ4n) is 1.64. The zero-order chi connectivity index (χ0) is 12.8. The zero-order valence-electron chi connectivity index (χ0n) is 9.69. The van der Waals surface area contributed by atoms with Crippen LogP contribution in [0.25, 0.3) is 0 Å². The Morgan fingerprint density at radius 1 is 1.47 bits per heavy atom. The topological polar surface area (TPSA) is 60.8 Å². The van der Waals surface area contributed by atoms with Gasteiger partial charge in [-0.05, 0) is 31.2 Å². The Hall–Kier alpha value is -1.07. The van der Waals surface area contributed by atoms with E-state index in [1.807, 2.05) is 6.92 Å². The van der Waals surface area contributed by atoms with Gasteiger partial charge in [0, 0.05) is 16.6 Å². The quantitative estimate of drug-likeness (QED) is 0.847. The minimum absolute atomic E-state index is 0.0141. The number of phenolic OH excluding ortho intramolecular Hbond substituents is 1. The third-order valence-electron chi connectivity index (χ3n) is 2.33. The number of aliphatic carboxylic acids is 1. The lowest BCUT2D eigenvalue weighted by molar-refractivity contribution is -0.138. The van der Waals surface area contributed by atoms with E-state index < -0.39 is 5.97 Å². The molecule has 1 rings (SSSR count). The Morgan fingerprint density at radius 2 is 2.18 bits per heavy atom. The summed E-state index contributed by atoms with van der Waals surface area (Å²) in [6, 6.07) is 5.16. The molecule has 0 atom stereocenters. The summed E-state index contributed by atoms with van der Waals surface area (Å²) in [5, 5.41) is 18.5. The van der Waals surface area contributed by atoms with Gasteiger partial charge in [-0.3, -0.25) is 9.69 Å². The highest BCUT2D eigenvalue weighted by molar-refractivity contribution is 9.10. The van der Waals surface area contributed by atoms with Crippen molar-refractivity contribution in [3.05, 3.63) is 28.2 Å². The Labute approximate surface area is 109 Å². The molecule has 0 saturated carbocycles. The number of carbonyl (C=O) groups is 1. The summed E-state index contributed by atoms with van der Waals surface area (Å²) in [7, 11) is 0. The van der Waals surface area contributed by atoms with Crippen LogP contribution in [0.15, 0.2) is 22.7 Å². The number of aromatic hydroxyl groups is 1. The second kappa shape index (κ2) is 6.61. The first-order valence-corrected chi connectivity index (χ1v) is 6.23. The standard InChI is InChI=1S/C12H16BrNO3/c1-2-5-14(8-12(16)17)7-9-6-10(13)3-4-11(9)15/h3-4,6,15H,2,5,7-8H2,1H3,(H,16,17). The van der Waals surface area contributed by atoms with E-state index in [0.29, 0.717) is 13.1 Å². The number of nitrogens with zero attached hydrogens (tertiary/aromatic N) is 1. The summed E-state index contributed by atoms with van der Waals surface area (Å²) < 4.78 is 0.872. The Balaban J connectivity index is 2.77. The van der Waals surface area contributed by atoms with Gasteiger partial charge in [0.15, 0.2) is 0 Å². The van der Waals surface area contributed by atoms with E-state index >= 15 is 0 Å². The van der Waals surface area contributed by atoms with E-state index in [9.17, 15) is 9.90 Å². The Bertz CT molecular complexity index is 395. The van der Waals surface area contributed by atoms with E-state index in [0.717, 1.165) is 16.5 Å². The van der Waals surface area contributed by atoms with E-state index in [2.05, 4.69) is 15.9 Å². The smallest absolute Gasteiger partial charge is 0.317 e. The maximum atomic E-state index is 10.7. The average Bonchev–Trinajstić information content (AvgIpc) is 2.23. The van der Waals surface area contributed by atoms with Crippen LogP contribution in [-0.2, 0) is 11.3 Å². The zero-order valence-corrected chi connectivity index (χ0v) is 11.3. The van der Waals surface area contributed by atoms with Crippen molar-refractivity contribution in [3.63, 3.8) is 0 Å². The summed E-state index contributed by atoms with van der Waals surface area (Å²) >= 11 is 3.33. The van der Waals surface area contributed by atoms with Gasteiger partial charge in [0.25, 0.3) is 0 Å². The molecule has 0 unspecified atom stereocenters. The maximum absolute atomic E-state index is 10.7. The summed E-state index contributed by atoms with van der Waals surface area (Å²) in [6.45, 7) is 3.11. The van der Waals surface area contributed by atoms with Gasteiger partial charge in [-0.25, -0.2) is 0 Å². The molecule has 4 nitrogen and oxygen atoms in total. The summed E-state index contributed by atoms with van der Waals surface area (Å²) in [4.78, 5) is 12.5. The van der Waals surface area contributed by atoms with Gasteiger partial charge < -0.3 is 10.2 Å². The predicted molar refractivity (Wildman–Crippen MR) is 69.0 cm³/mol. The lowest BCUT2D eigenvalue weighted by atomic mass is 10.2. The number of phenols is 1. The lowest BCUT2D eigenvalue weighted by Crippen LogP contribution is -2.30. The third kappa shape index (κ3) is 4.75. The molecule has 0 aliphatic rings. The minimum Gasteiger partial charge on any atom is -0.508 e. The van der Waals surface area contributed by atoms with Crippen LogP contribution in [0.4, 0.5) is 0 Å². The van der Waals surface area contributed by atoms with Gasteiger partial charge >= 0.3 is 5.97 Å². The fraction of sp³-hybridized carbons (Fsp3) is 0.417. The molecule has 5 heteroatoms. The van der Waals surface area contributed by atoms with Crippen LogP contribution in [-0.4, -0.2) is 34.2 Å². The highest BCUT2D eigenvalue weighted by Crippen LogP contribution is 2.23. The number of halogens is 1. The normalized spacial score (nSPS) is 10.8. The second-order valence-corrected chi connectivity index (χ2v) is 4.79. The summed E-state index contributed by atoms with van der Waals surface area (Å²) in [6.07, 6.45) is 0.877. The molecular formula is C12H16BrNO3. The van der Waals surface area contributed by atoms with E-state index in [4.69, 9.17) is 5.11 Å². The third-order valence-corrected chi connectivity index (χ3v) is 2.83. The SMILES string of the molecule is CCCN(CC(=O)O)Cc1cc(Br)ccc1O. The number of carboxylic acids is 1. The van der Waals surface area contributed by atoms with Crippen LogP contribution in [0.5, 0.6) is 5.75 Å². The van der Waals surface area contributed by atoms with Gasteiger partial charge in [0.2, 0.25) is 0 Å². The fourth-order valence-corrected chi connectivity index (χ4v) is 2.05. The Morgan fingerprint density at radius 3 is 2.76 bits per heavy atom. The maximum Gasteiger partial charge on any atom is 0.317 e.